The van der Waals surface area contributed by atoms with Gasteiger partial charge >= 0.3 is 22.4 Å². The quantitative estimate of drug-likeness (QED) is 0.193. The van der Waals surface area contributed by atoms with E-state index < -0.39 is 0 Å². The van der Waals surface area contributed by atoms with Gasteiger partial charge in [-0.3, -0.25) is 4.89 Å². The second kappa shape index (κ2) is 15.6. The van der Waals surface area contributed by atoms with Crippen LogP contribution >= 0.6 is 0 Å². The van der Waals surface area contributed by atoms with Gasteiger partial charge in [0.1, 0.15) is 0 Å². The van der Waals surface area contributed by atoms with Crippen molar-refractivity contribution < 1.29 is 65.0 Å². The van der Waals surface area contributed by atoms with Crippen LogP contribution in [0.15, 0.2) is 0 Å². The molecule has 0 spiro atoms. The van der Waals surface area contributed by atoms with Crippen LogP contribution in [0.3, 0.4) is 0 Å². The van der Waals surface area contributed by atoms with E-state index in [0.717, 1.165) is 0 Å². The average molecular weight is 305 g/mol. The van der Waals surface area contributed by atoms with Crippen LogP contribution < -0.4 is 0 Å². The molecule has 1 N–H and O–H groups in total. The van der Waals surface area contributed by atoms with E-state index in [4.69, 9.17) is 11.7 Å². The van der Waals surface area contributed by atoms with Crippen LogP contribution in [0.25, 0.3) is 0 Å². The molecule has 6 heteroatoms. The predicted octanol–water partition coefficient (Wildman–Crippen LogP) is -0.119. The standard InChI is InChI=1S/C2HO4.2Ag/c1-2-4-6-5-3;;/h3H;;/q-1;;+1. The Labute approximate surface area is 77.3 Å². The molecule has 0 aromatic carbocycles. The minimum atomic E-state index is 0. The average Bonchev–Trinajstić information content (AvgIpc) is 1.61. The third-order valence-corrected chi connectivity index (χ3v) is 0.106. The van der Waals surface area contributed by atoms with E-state index in [-0.39, 0.29) is 44.8 Å². The van der Waals surface area contributed by atoms with E-state index >= 15 is 0 Å². The van der Waals surface area contributed by atoms with Crippen molar-refractivity contribution in [3.63, 3.8) is 0 Å². The molecule has 0 bridgehead atoms. The Kier molecular flexibility index (Phi) is 31.1. The molecule has 0 atom stereocenters. The molecule has 1 radical (unpaired) electrons. The Bertz CT molecular complexity index is 59.5. The molecule has 4 nitrogen and oxygen atoms in total. The number of rotatable bonds is 2. The fraction of sp³-hybridized carbons (Fsp3) is 0. The first kappa shape index (κ1) is 15.9. The topological polar surface area (TPSA) is 47.9 Å². The second-order valence-electron chi connectivity index (χ2n) is 0.328. The van der Waals surface area contributed by atoms with Gasteiger partial charge in [-0.1, -0.05) is 6.11 Å². The molecule has 0 aliphatic rings. The summed E-state index contributed by atoms with van der Waals surface area (Å²) in [5, 5.41) is 13.3. The molecular weight excluding hydrogens is 304 g/mol. The smallest absolute Gasteiger partial charge is 0.644 e. The van der Waals surface area contributed by atoms with E-state index in [2.05, 4.69) is 15.0 Å². The maximum Gasteiger partial charge on any atom is 1.00 e. The van der Waals surface area contributed by atoms with Gasteiger partial charge in [0.15, 0.2) is 0 Å². The van der Waals surface area contributed by atoms with Crippen LogP contribution in [0, 0.1) is 12.5 Å². The zero-order chi connectivity index (χ0) is 4.83. The summed E-state index contributed by atoms with van der Waals surface area (Å²) in [5.74, 6) is 0. The Balaban J connectivity index is -0.000000125. The molecule has 0 unspecified atom stereocenters. The monoisotopic (exact) mass is 303 g/mol. The van der Waals surface area contributed by atoms with Crippen molar-refractivity contribution >= 4 is 0 Å². The number of hydrogen-bond donors (Lipinski definition) is 1. The molecule has 0 rings (SSSR count). The molecule has 0 saturated carbocycles. The third kappa shape index (κ3) is 15.9. The molecule has 0 heterocycles. The molecule has 0 aromatic heterocycles. The summed E-state index contributed by atoms with van der Waals surface area (Å²) in [6.45, 7) is 0. The normalized spacial score (nSPS) is 5.00. The molecule has 55 valence electrons. The van der Waals surface area contributed by atoms with Crippen LogP contribution in [-0.2, 0) is 59.7 Å². The summed E-state index contributed by atoms with van der Waals surface area (Å²) in [5.41, 5.74) is 0. The van der Waals surface area contributed by atoms with Crippen molar-refractivity contribution in [2.75, 3.05) is 0 Å². The van der Waals surface area contributed by atoms with Gasteiger partial charge in [-0.25, -0.2) is 5.26 Å². The summed E-state index contributed by atoms with van der Waals surface area (Å²) in [7, 11) is 0. The first-order chi connectivity index (χ1) is 2.91. The van der Waals surface area contributed by atoms with Crippen LogP contribution in [0.5, 0.6) is 0 Å². The molecule has 0 saturated heterocycles. The molecule has 8 heavy (non-hydrogen) atoms. The van der Waals surface area contributed by atoms with Gasteiger partial charge in [0.2, 0.25) is 0 Å². The van der Waals surface area contributed by atoms with E-state index in [1.165, 1.54) is 6.11 Å². The van der Waals surface area contributed by atoms with E-state index in [1.807, 2.05) is 0 Å². The van der Waals surface area contributed by atoms with E-state index in [9.17, 15) is 0 Å². The third-order valence-electron chi connectivity index (χ3n) is 0.106. The van der Waals surface area contributed by atoms with Crippen molar-refractivity contribution in [3.05, 3.63) is 6.42 Å². The minimum Gasteiger partial charge on any atom is -0.644 e. The van der Waals surface area contributed by atoms with Crippen LogP contribution in [-0.4, -0.2) is 5.26 Å². The maximum atomic E-state index is 7.23. The molecule has 0 aliphatic heterocycles. The summed E-state index contributed by atoms with van der Waals surface area (Å²) < 4.78 is 0. The van der Waals surface area contributed by atoms with Crippen molar-refractivity contribution in [1.29, 1.82) is 0 Å². The van der Waals surface area contributed by atoms with Crippen LogP contribution in [0.4, 0.5) is 0 Å². The predicted molar refractivity (Wildman–Crippen MR) is 13.0 cm³/mol. The second-order valence-corrected chi connectivity index (χ2v) is 0.328. The molecule has 0 fully saturated rings. The zero-order valence-corrected chi connectivity index (χ0v) is 6.24. The fourth-order valence-corrected chi connectivity index (χ4v) is 0.0322. The SMILES string of the molecule is [Ag+].[Ag].[C-]#COOOO. The number of hydrogen-bond acceptors (Lipinski definition) is 4. The van der Waals surface area contributed by atoms with Gasteiger partial charge in [-0.2, -0.15) is 0 Å². The molecular formula is C2HAg2O4. The van der Waals surface area contributed by atoms with Crippen molar-refractivity contribution in [1.82, 2.24) is 0 Å². The van der Waals surface area contributed by atoms with Crippen molar-refractivity contribution in [2.24, 2.45) is 0 Å². The first-order valence-corrected chi connectivity index (χ1v) is 0.970. The van der Waals surface area contributed by atoms with Gasteiger partial charge in [-0.05, 0) is 5.04 Å². The van der Waals surface area contributed by atoms with Crippen LogP contribution in [0.1, 0.15) is 0 Å². The summed E-state index contributed by atoms with van der Waals surface area (Å²) in [4.78, 5) is 3.43. The molecule has 0 aromatic rings. The molecule has 0 aliphatic carbocycles. The Morgan fingerprint density at radius 1 is 1.50 bits per heavy atom. The van der Waals surface area contributed by atoms with E-state index in [1.54, 1.807) is 0 Å². The van der Waals surface area contributed by atoms with Gasteiger partial charge in [0.05, 0.1) is 0 Å². The van der Waals surface area contributed by atoms with Gasteiger partial charge < -0.3 is 6.42 Å². The summed E-state index contributed by atoms with van der Waals surface area (Å²) in [6.07, 6.45) is 7.23. The Morgan fingerprint density at radius 2 is 2.00 bits per heavy atom. The Morgan fingerprint density at radius 3 is 2.12 bits per heavy atom. The van der Waals surface area contributed by atoms with Gasteiger partial charge in [-0.15, -0.1) is 0 Å². The maximum absolute atomic E-state index is 7.23. The molecule has 0 amide bonds. The largest absolute Gasteiger partial charge is 1.00 e. The van der Waals surface area contributed by atoms with Crippen molar-refractivity contribution in [2.45, 2.75) is 0 Å². The van der Waals surface area contributed by atoms with E-state index in [0.29, 0.717) is 0 Å². The minimum absolute atomic E-state index is 0. The fourth-order valence-electron chi connectivity index (χ4n) is 0.0322. The summed E-state index contributed by atoms with van der Waals surface area (Å²) >= 11 is 0. The van der Waals surface area contributed by atoms with Gasteiger partial charge in [0.25, 0.3) is 0 Å². The van der Waals surface area contributed by atoms with Crippen LogP contribution in [0.2, 0.25) is 0 Å². The Hall–Kier alpha value is 0.721. The van der Waals surface area contributed by atoms with Crippen molar-refractivity contribution in [3.8, 4) is 6.11 Å². The summed E-state index contributed by atoms with van der Waals surface area (Å²) in [6, 6.07) is 0. The first-order valence-electron chi connectivity index (χ1n) is 0.970. The zero-order valence-electron chi connectivity index (χ0n) is 3.27. The van der Waals surface area contributed by atoms with Gasteiger partial charge in [0, 0.05) is 27.4 Å².